The summed E-state index contributed by atoms with van der Waals surface area (Å²) in [6, 6.07) is 3.94. The van der Waals surface area contributed by atoms with E-state index in [9.17, 15) is 4.39 Å². The largest absolute Gasteiger partial charge is 0.488 e. The molecule has 104 valence electrons. The molecule has 2 rings (SSSR count). The number of ether oxygens (including phenoxy) is 1. The van der Waals surface area contributed by atoms with Gasteiger partial charge in [0.1, 0.15) is 6.10 Å². The molecule has 2 unspecified atom stereocenters. The van der Waals surface area contributed by atoms with E-state index in [1.807, 2.05) is 0 Å². The van der Waals surface area contributed by atoms with Crippen molar-refractivity contribution in [1.29, 1.82) is 0 Å². The molecule has 1 aliphatic carbocycles. The van der Waals surface area contributed by atoms with Crippen molar-refractivity contribution < 1.29 is 19.2 Å². The summed E-state index contributed by atoms with van der Waals surface area (Å²) in [5.74, 6) is 0.122. The molecule has 0 amide bonds. The van der Waals surface area contributed by atoms with E-state index in [0.717, 1.165) is 25.7 Å². The van der Waals surface area contributed by atoms with E-state index in [2.05, 4.69) is 6.92 Å². The Bertz CT molecular complexity index is 425. The normalized spacial score (nSPS) is 23.2. The zero-order chi connectivity index (χ0) is 13.8. The van der Waals surface area contributed by atoms with Crippen LogP contribution in [0.5, 0.6) is 5.75 Å². The predicted octanol–water partition coefficient (Wildman–Crippen LogP) is 1.85. The Morgan fingerprint density at radius 3 is 2.74 bits per heavy atom. The van der Waals surface area contributed by atoms with Crippen molar-refractivity contribution in [3.63, 3.8) is 0 Å². The van der Waals surface area contributed by atoms with Gasteiger partial charge in [-0.2, -0.15) is 0 Å². The Labute approximate surface area is 113 Å². The zero-order valence-electron chi connectivity index (χ0n) is 11.2. The standard InChI is InChI=1S/C14H20BFO3/c1-2-10-5-3-4-6-13(10)19-14-9-11(15(17)18)7-8-12(14)16/h7-10,13,17-18H,2-6H2,1H3. The first-order valence-corrected chi connectivity index (χ1v) is 6.94. The van der Waals surface area contributed by atoms with E-state index in [4.69, 9.17) is 14.8 Å². The molecule has 1 fully saturated rings. The van der Waals surface area contributed by atoms with E-state index in [0.29, 0.717) is 5.92 Å². The lowest BCUT2D eigenvalue weighted by Gasteiger charge is -2.31. The minimum atomic E-state index is -1.60. The first kappa shape index (κ1) is 14.3. The summed E-state index contributed by atoms with van der Waals surface area (Å²) in [7, 11) is -1.60. The van der Waals surface area contributed by atoms with Crippen LogP contribution in [0.15, 0.2) is 18.2 Å². The van der Waals surface area contributed by atoms with Gasteiger partial charge in [-0.3, -0.25) is 0 Å². The molecule has 1 aliphatic rings. The van der Waals surface area contributed by atoms with Crippen LogP contribution in [0.3, 0.4) is 0 Å². The summed E-state index contributed by atoms with van der Waals surface area (Å²) in [6.45, 7) is 2.12. The van der Waals surface area contributed by atoms with Crippen molar-refractivity contribution in [3.05, 3.63) is 24.0 Å². The molecule has 0 spiro atoms. The summed E-state index contributed by atoms with van der Waals surface area (Å²) >= 11 is 0. The third-order valence-corrected chi connectivity index (χ3v) is 3.90. The minimum Gasteiger partial charge on any atom is -0.487 e. The van der Waals surface area contributed by atoms with Gasteiger partial charge in [0.25, 0.3) is 0 Å². The van der Waals surface area contributed by atoms with Crippen LogP contribution < -0.4 is 10.2 Å². The van der Waals surface area contributed by atoms with Gasteiger partial charge < -0.3 is 14.8 Å². The average Bonchev–Trinajstić information content (AvgIpc) is 2.41. The molecule has 0 aromatic heterocycles. The quantitative estimate of drug-likeness (QED) is 0.818. The molecule has 0 saturated heterocycles. The van der Waals surface area contributed by atoms with Crippen LogP contribution in [0.4, 0.5) is 4.39 Å². The zero-order valence-corrected chi connectivity index (χ0v) is 11.2. The Morgan fingerprint density at radius 1 is 1.32 bits per heavy atom. The van der Waals surface area contributed by atoms with Crippen LogP contribution in [0.25, 0.3) is 0 Å². The Kier molecular flexibility index (Phi) is 4.83. The van der Waals surface area contributed by atoms with E-state index in [1.165, 1.54) is 24.6 Å². The van der Waals surface area contributed by atoms with Crippen molar-refractivity contribution in [2.45, 2.75) is 45.1 Å². The average molecular weight is 266 g/mol. The van der Waals surface area contributed by atoms with Gasteiger partial charge in [-0.25, -0.2) is 4.39 Å². The van der Waals surface area contributed by atoms with Crippen LogP contribution in [-0.2, 0) is 0 Å². The summed E-state index contributed by atoms with van der Waals surface area (Å²) in [4.78, 5) is 0. The monoisotopic (exact) mass is 266 g/mol. The molecule has 19 heavy (non-hydrogen) atoms. The van der Waals surface area contributed by atoms with Gasteiger partial charge in [0, 0.05) is 0 Å². The Morgan fingerprint density at radius 2 is 2.05 bits per heavy atom. The lowest BCUT2D eigenvalue weighted by molar-refractivity contribution is 0.0864. The molecule has 1 aromatic rings. The molecular weight excluding hydrogens is 246 g/mol. The Hall–Kier alpha value is -1.07. The third kappa shape index (κ3) is 3.48. The lowest BCUT2D eigenvalue weighted by atomic mass is 9.80. The SMILES string of the molecule is CCC1CCCCC1Oc1cc(B(O)O)ccc1F. The summed E-state index contributed by atoms with van der Waals surface area (Å²) in [5, 5.41) is 18.2. The van der Waals surface area contributed by atoms with Crippen molar-refractivity contribution in [3.8, 4) is 5.75 Å². The highest BCUT2D eigenvalue weighted by molar-refractivity contribution is 6.58. The number of halogens is 1. The van der Waals surface area contributed by atoms with Crippen LogP contribution in [0.1, 0.15) is 39.0 Å². The number of hydrogen-bond donors (Lipinski definition) is 2. The molecule has 0 radical (unpaired) electrons. The lowest BCUT2D eigenvalue weighted by Crippen LogP contribution is -2.32. The summed E-state index contributed by atoms with van der Waals surface area (Å²) in [5.41, 5.74) is 0.250. The number of rotatable bonds is 4. The minimum absolute atomic E-state index is 0.0272. The smallest absolute Gasteiger partial charge is 0.487 e. The van der Waals surface area contributed by atoms with E-state index in [1.54, 1.807) is 0 Å². The van der Waals surface area contributed by atoms with Crippen LogP contribution >= 0.6 is 0 Å². The van der Waals surface area contributed by atoms with Crippen LogP contribution in [-0.4, -0.2) is 23.3 Å². The van der Waals surface area contributed by atoms with Gasteiger partial charge in [-0.1, -0.05) is 19.4 Å². The van der Waals surface area contributed by atoms with Gasteiger partial charge >= 0.3 is 7.12 Å². The van der Waals surface area contributed by atoms with Crippen molar-refractivity contribution >= 4 is 12.6 Å². The van der Waals surface area contributed by atoms with Crippen molar-refractivity contribution in [2.75, 3.05) is 0 Å². The fourth-order valence-corrected chi connectivity index (χ4v) is 2.73. The second-order valence-electron chi connectivity index (χ2n) is 5.17. The predicted molar refractivity (Wildman–Crippen MR) is 72.9 cm³/mol. The molecule has 0 bridgehead atoms. The first-order chi connectivity index (χ1) is 9.11. The topological polar surface area (TPSA) is 49.7 Å². The van der Waals surface area contributed by atoms with Gasteiger partial charge in [0.15, 0.2) is 11.6 Å². The van der Waals surface area contributed by atoms with E-state index < -0.39 is 12.9 Å². The fraction of sp³-hybridized carbons (Fsp3) is 0.571. The van der Waals surface area contributed by atoms with Crippen molar-refractivity contribution in [2.24, 2.45) is 5.92 Å². The van der Waals surface area contributed by atoms with Gasteiger partial charge in [-0.05, 0) is 49.2 Å². The maximum Gasteiger partial charge on any atom is 0.488 e. The van der Waals surface area contributed by atoms with Gasteiger partial charge in [0.05, 0.1) is 0 Å². The maximum atomic E-state index is 13.7. The van der Waals surface area contributed by atoms with Crippen LogP contribution in [0.2, 0.25) is 0 Å². The molecule has 1 aromatic carbocycles. The number of hydrogen-bond acceptors (Lipinski definition) is 3. The summed E-state index contributed by atoms with van der Waals surface area (Å²) < 4.78 is 19.5. The molecule has 2 N–H and O–H groups in total. The highest BCUT2D eigenvalue weighted by Gasteiger charge is 2.26. The molecule has 0 aliphatic heterocycles. The fourth-order valence-electron chi connectivity index (χ4n) is 2.73. The highest BCUT2D eigenvalue weighted by Crippen LogP contribution is 2.31. The second-order valence-corrected chi connectivity index (χ2v) is 5.17. The molecule has 3 nitrogen and oxygen atoms in total. The van der Waals surface area contributed by atoms with E-state index in [-0.39, 0.29) is 17.3 Å². The van der Waals surface area contributed by atoms with Gasteiger partial charge in [-0.15, -0.1) is 0 Å². The molecule has 5 heteroatoms. The molecule has 2 atom stereocenters. The van der Waals surface area contributed by atoms with Crippen LogP contribution in [0, 0.1) is 11.7 Å². The Balaban J connectivity index is 2.14. The summed E-state index contributed by atoms with van der Waals surface area (Å²) in [6.07, 6.45) is 5.41. The maximum absolute atomic E-state index is 13.7. The molecule has 1 saturated carbocycles. The second kappa shape index (κ2) is 6.39. The molecular formula is C14H20BFO3. The number of benzene rings is 1. The van der Waals surface area contributed by atoms with Gasteiger partial charge in [0.2, 0.25) is 0 Å². The van der Waals surface area contributed by atoms with Crippen molar-refractivity contribution in [1.82, 2.24) is 0 Å². The third-order valence-electron chi connectivity index (χ3n) is 3.90. The van der Waals surface area contributed by atoms with E-state index >= 15 is 0 Å². The molecule has 0 heterocycles. The first-order valence-electron chi connectivity index (χ1n) is 6.94. The highest BCUT2D eigenvalue weighted by atomic mass is 19.1.